The molecule has 1 amide bonds. The third-order valence-electron chi connectivity index (χ3n) is 9.16. The lowest BCUT2D eigenvalue weighted by Gasteiger charge is -2.43. The molecule has 0 aromatic heterocycles. The van der Waals surface area contributed by atoms with Gasteiger partial charge in [0.1, 0.15) is 18.7 Å². The summed E-state index contributed by atoms with van der Waals surface area (Å²) in [5.41, 5.74) is 0.638. The SMILES string of the molecule is CC1CC2(CCCN(C3CC[N+](=C(O)c4c5ccccc5cc5ccccc45)CC3)C2)C(=O)N1CCO. The number of rotatable bonds is 4. The summed E-state index contributed by atoms with van der Waals surface area (Å²) in [6.45, 7) is 6.06. The van der Waals surface area contributed by atoms with Gasteiger partial charge in [-0.2, -0.15) is 4.58 Å². The Morgan fingerprint density at radius 2 is 1.70 bits per heavy atom. The first-order valence-electron chi connectivity index (χ1n) is 13.9. The van der Waals surface area contributed by atoms with Crippen LogP contribution in [-0.4, -0.2) is 87.8 Å². The number of carbonyl (C=O) groups excluding carboxylic acids is 1. The molecule has 0 aliphatic carbocycles. The average molecular weight is 501 g/mol. The zero-order valence-electron chi connectivity index (χ0n) is 21.8. The van der Waals surface area contributed by atoms with Crippen molar-refractivity contribution in [2.75, 3.05) is 39.3 Å². The summed E-state index contributed by atoms with van der Waals surface area (Å²) in [6, 6.07) is 19.4. The molecule has 2 atom stereocenters. The third-order valence-corrected chi connectivity index (χ3v) is 9.16. The number of hydrogen-bond acceptors (Lipinski definition) is 3. The maximum Gasteiger partial charge on any atom is 0.368 e. The molecule has 3 fully saturated rings. The highest BCUT2D eigenvalue weighted by Gasteiger charge is 2.52. The van der Waals surface area contributed by atoms with Gasteiger partial charge in [0, 0.05) is 38.0 Å². The lowest BCUT2D eigenvalue weighted by Crippen LogP contribution is -2.53. The Balaban J connectivity index is 1.23. The van der Waals surface area contributed by atoms with Crippen LogP contribution in [0.1, 0.15) is 44.6 Å². The molecule has 2 unspecified atom stereocenters. The number of fused-ring (bicyclic) bond motifs is 2. The lowest BCUT2D eigenvalue weighted by molar-refractivity contribution is -0.546. The molecule has 0 saturated carbocycles. The van der Waals surface area contributed by atoms with E-state index in [1.807, 2.05) is 29.2 Å². The first-order chi connectivity index (χ1) is 18.0. The molecule has 6 nitrogen and oxygen atoms in total. The number of benzene rings is 3. The first kappa shape index (κ1) is 24.4. The summed E-state index contributed by atoms with van der Waals surface area (Å²) in [5, 5.41) is 25.5. The van der Waals surface area contributed by atoms with Gasteiger partial charge >= 0.3 is 5.90 Å². The van der Waals surface area contributed by atoms with E-state index < -0.39 is 0 Å². The zero-order valence-corrected chi connectivity index (χ0v) is 21.8. The van der Waals surface area contributed by atoms with E-state index >= 15 is 0 Å². The van der Waals surface area contributed by atoms with E-state index in [0.29, 0.717) is 18.5 Å². The second-order valence-corrected chi connectivity index (χ2v) is 11.4. The van der Waals surface area contributed by atoms with Crippen LogP contribution >= 0.6 is 0 Å². The predicted octanol–water partition coefficient (Wildman–Crippen LogP) is 4.17. The maximum absolute atomic E-state index is 13.4. The minimum absolute atomic E-state index is 0.0281. The van der Waals surface area contributed by atoms with E-state index in [9.17, 15) is 15.0 Å². The molecular formula is C31H38N3O3+. The fourth-order valence-corrected chi connectivity index (χ4v) is 7.37. The van der Waals surface area contributed by atoms with Gasteiger partial charge in [-0.25, -0.2) is 0 Å². The van der Waals surface area contributed by atoms with Crippen LogP contribution in [0, 0.1) is 5.41 Å². The third kappa shape index (κ3) is 4.20. The topological polar surface area (TPSA) is 67.0 Å². The zero-order chi connectivity index (χ0) is 25.6. The number of carbonyl (C=O) groups is 1. The van der Waals surface area contributed by atoms with Crippen LogP contribution in [0.2, 0.25) is 0 Å². The van der Waals surface area contributed by atoms with Crippen LogP contribution in [0.25, 0.3) is 21.5 Å². The van der Waals surface area contributed by atoms with Crippen LogP contribution in [0.5, 0.6) is 0 Å². The van der Waals surface area contributed by atoms with Gasteiger partial charge in [0.15, 0.2) is 0 Å². The van der Waals surface area contributed by atoms with Crippen molar-refractivity contribution in [1.29, 1.82) is 0 Å². The minimum Gasteiger partial charge on any atom is -0.460 e. The molecule has 6 heteroatoms. The van der Waals surface area contributed by atoms with Gasteiger partial charge in [0.25, 0.3) is 0 Å². The lowest BCUT2D eigenvalue weighted by atomic mass is 9.76. The Morgan fingerprint density at radius 1 is 1.05 bits per heavy atom. The van der Waals surface area contributed by atoms with Crippen molar-refractivity contribution in [2.24, 2.45) is 5.41 Å². The summed E-state index contributed by atoms with van der Waals surface area (Å²) in [7, 11) is 0. The van der Waals surface area contributed by atoms with Gasteiger partial charge in [0.2, 0.25) is 5.91 Å². The number of hydrogen-bond donors (Lipinski definition) is 2. The largest absolute Gasteiger partial charge is 0.460 e. The molecule has 3 aliphatic heterocycles. The van der Waals surface area contributed by atoms with Crippen molar-refractivity contribution >= 4 is 33.3 Å². The van der Waals surface area contributed by atoms with Gasteiger partial charge in [0.05, 0.1) is 12.0 Å². The fraction of sp³-hybridized carbons (Fsp3) is 0.484. The molecule has 3 aromatic rings. The van der Waals surface area contributed by atoms with Crippen LogP contribution in [0.3, 0.4) is 0 Å². The van der Waals surface area contributed by atoms with E-state index in [4.69, 9.17) is 0 Å². The van der Waals surface area contributed by atoms with Crippen molar-refractivity contribution in [3.8, 4) is 0 Å². The van der Waals surface area contributed by atoms with Crippen LogP contribution in [-0.2, 0) is 4.79 Å². The fourth-order valence-electron chi connectivity index (χ4n) is 7.37. The van der Waals surface area contributed by atoms with Crippen LogP contribution in [0.15, 0.2) is 54.6 Å². The van der Waals surface area contributed by atoms with Crippen LogP contribution < -0.4 is 0 Å². The second kappa shape index (κ2) is 9.73. The van der Waals surface area contributed by atoms with E-state index in [1.54, 1.807) is 0 Å². The van der Waals surface area contributed by atoms with Crippen molar-refractivity contribution in [3.63, 3.8) is 0 Å². The van der Waals surface area contributed by atoms with E-state index in [1.165, 1.54) is 0 Å². The number of β-amino-alcohol motifs (C(OH)–C–C–N with tert-alkyl or cyclic N) is 1. The Labute approximate surface area is 218 Å². The van der Waals surface area contributed by atoms with Crippen molar-refractivity contribution in [3.05, 3.63) is 60.2 Å². The normalized spacial score (nSPS) is 27.0. The molecule has 6 rings (SSSR count). The predicted molar refractivity (Wildman–Crippen MR) is 147 cm³/mol. The Hall–Kier alpha value is -2.96. The molecule has 3 aliphatic rings. The van der Waals surface area contributed by atoms with Crippen molar-refractivity contribution in [1.82, 2.24) is 9.80 Å². The van der Waals surface area contributed by atoms with E-state index in [2.05, 4.69) is 46.7 Å². The molecule has 3 saturated heterocycles. The highest BCUT2D eigenvalue weighted by atomic mass is 16.3. The van der Waals surface area contributed by atoms with E-state index in [0.717, 1.165) is 85.4 Å². The summed E-state index contributed by atoms with van der Waals surface area (Å²) in [4.78, 5) is 17.8. The molecule has 0 radical (unpaired) electrons. The number of aliphatic hydroxyl groups is 2. The molecule has 0 bridgehead atoms. The van der Waals surface area contributed by atoms with Gasteiger partial charge < -0.3 is 15.1 Å². The van der Waals surface area contributed by atoms with Crippen molar-refractivity contribution < 1.29 is 19.6 Å². The minimum atomic E-state index is -0.292. The number of nitrogens with zero attached hydrogens (tertiary/aromatic N) is 3. The summed E-state index contributed by atoms with van der Waals surface area (Å²) in [6.07, 6.45) is 4.85. The Bertz CT molecular complexity index is 1300. The standard InChI is InChI=1S/C31H37N3O3/c1-22-20-31(30(37)34(22)17-18-35)13-6-14-33(21-31)25-11-15-32(16-12-25)29(36)28-26-9-4-2-7-23(26)19-24-8-3-5-10-27(24)28/h2-5,7-10,19,22,25,35H,6,11-18,20-21H2,1H3/p+1. The summed E-state index contributed by atoms with van der Waals surface area (Å²) < 4.78 is 2.15. The van der Waals surface area contributed by atoms with Gasteiger partial charge in [-0.15, -0.1) is 0 Å². The van der Waals surface area contributed by atoms with Crippen molar-refractivity contribution in [2.45, 2.75) is 51.1 Å². The Kier molecular flexibility index (Phi) is 6.41. The van der Waals surface area contributed by atoms with Gasteiger partial charge in [-0.1, -0.05) is 48.5 Å². The number of likely N-dealkylation sites (tertiary alicyclic amines) is 2. The number of aliphatic hydroxyl groups excluding tert-OH is 2. The first-order valence-corrected chi connectivity index (χ1v) is 13.9. The highest BCUT2D eigenvalue weighted by Crippen LogP contribution is 2.44. The van der Waals surface area contributed by atoms with Gasteiger partial charge in [-0.05, 0) is 60.3 Å². The molecule has 3 aromatic carbocycles. The smallest absolute Gasteiger partial charge is 0.368 e. The van der Waals surface area contributed by atoms with Crippen LogP contribution in [0.4, 0.5) is 0 Å². The molecule has 37 heavy (non-hydrogen) atoms. The molecule has 2 N–H and O–H groups in total. The second-order valence-electron chi connectivity index (χ2n) is 11.4. The number of amides is 1. The monoisotopic (exact) mass is 500 g/mol. The average Bonchev–Trinajstić information content (AvgIpc) is 3.15. The van der Waals surface area contributed by atoms with E-state index in [-0.39, 0.29) is 24.0 Å². The molecule has 194 valence electrons. The molecular weight excluding hydrogens is 462 g/mol. The van der Waals surface area contributed by atoms with Gasteiger partial charge in [-0.3, -0.25) is 9.69 Å². The maximum atomic E-state index is 13.4. The highest BCUT2D eigenvalue weighted by molar-refractivity contribution is 6.16. The summed E-state index contributed by atoms with van der Waals surface area (Å²) in [5.74, 6) is 0.617. The Morgan fingerprint density at radius 3 is 2.35 bits per heavy atom. The quantitative estimate of drug-likeness (QED) is 0.321. The number of piperidine rings is 2. The molecule has 3 heterocycles. The molecule has 1 spiro atoms. The summed E-state index contributed by atoms with van der Waals surface area (Å²) >= 11 is 0.